The van der Waals surface area contributed by atoms with Gasteiger partial charge in [-0.3, -0.25) is 9.59 Å². The maximum atomic E-state index is 12.5. The van der Waals surface area contributed by atoms with Crippen LogP contribution in [0.4, 0.5) is 5.69 Å². The van der Waals surface area contributed by atoms with E-state index in [1.807, 2.05) is 41.9 Å². The molecule has 29 heavy (non-hydrogen) atoms. The maximum absolute atomic E-state index is 12.5. The number of benzene rings is 2. The SMILES string of the molecule is Cn1c(SCC(=O)Nc2ccccc2C(=O)NC2CC2)nnc1-c1ccccc1. The molecule has 4 rings (SSSR count). The van der Waals surface area contributed by atoms with Crippen LogP contribution < -0.4 is 10.6 Å². The average molecular weight is 407 g/mol. The molecule has 1 aliphatic rings. The average Bonchev–Trinajstić information content (AvgIpc) is 3.47. The number of nitrogens with zero attached hydrogens (tertiary/aromatic N) is 3. The van der Waals surface area contributed by atoms with Crippen molar-refractivity contribution in [3.8, 4) is 11.4 Å². The van der Waals surface area contributed by atoms with Gasteiger partial charge in [0.1, 0.15) is 0 Å². The van der Waals surface area contributed by atoms with Gasteiger partial charge in [-0.15, -0.1) is 10.2 Å². The molecule has 0 unspecified atom stereocenters. The molecule has 1 saturated carbocycles. The minimum atomic E-state index is -0.203. The van der Waals surface area contributed by atoms with Crippen LogP contribution in [0.15, 0.2) is 59.8 Å². The third-order valence-corrected chi connectivity index (χ3v) is 5.58. The highest BCUT2D eigenvalue weighted by Gasteiger charge is 2.25. The Labute approximate surface area is 172 Å². The van der Waals surface area contributed by atoms with Crippen LogP contribution >= 0.6 is 11.8 Å². The predicted molar refractivity (Wildman–Crippen MR) is 113 cm³/mol. The smallest absolute Gasteiger partial charge is 0.253 e. The van der Waals surface area contributed by atoms with E-state index in [0.29, 0.717) is 16.4 Å². The first-order chi connectivity index (χ1) is 14.1. The molecule has 0 aliphatic heterocycles. The molecule has 1 heterocycles. The third-order valence-electron chi connectivity index (χ3n) is 4.56. The number of thioether (sulfide) groups is 1. The third kappa shape index (κ3) is 4.65. The monoisotopic (exact) mass is 407 g/mol. The number of carbonyl (C=O) groups is 2. The Hall–Kier alpha value is -3.13. The second-order valence-corrected chi connectivity index (χ2v) is 7.80. The zero-order chi connectivity index (χ0) is 20.2. The van der Waals surface area contributed by atoms with E-state index in [9.17, 15) is 9.59 Å². The van der Waals surface area contributed by atoms with Gasteiger partial charge >= 0.3 is 0 Å². The molecule has 1 aliphatic carbocycles. The zero-order valence-electron chi connectivity index (χ0n) is 16.0. The van der Waals surface area contributed by atoms with Crippen LogP contribution in [0, 0.1) is 0 Å². The Kier molecular flexibility index (Phi) is 5.62. The summed E-state index contributed by atoms with van der Waals surface area (Å²) < 4.78 is 1.87. The van der Waals surface area contributed by atoms with E-state index < -0.39 is 0 Å². The lowest BCUT2D eigenvalue weighted by atomic mass is 10.1. The van der Waals surface area contributed by atoms with Crippen molar-refractivity contribution >= 4 is 29.3 Å². The number of aromatic nitrogens is 3. The highest BCUT2D eigenvalue weighted by Crippen LogP contribution is 2.24. The number of amides is 2. The molecule has 2 N–H and O–H groups in total. The molecule has 3 aromatic rings. The number of anilines is 1. The van der Waals surface area contributed by atoms with Crippen molar-refractivity contribution in [1.82, 2.24) is 20.1 Å². The molecule has 1 fully saturated rings. The van der Waals surface area contributed by atoms with E-state index in [-0.39, 0.29) is 23.6 Å². The lowest BCUT2D eigenvalue weighted by Gasteiger charge is -2.11. The summed E-state index contributed by atoms with van der Waals surface area (Å²) in [5.74, 6) is 0.553. The van der Waals surface area contributed by atoms with Crippen LogP contribution in [-0.4, -0.2) is 38.4 Å². The van der Waals surface area contributed by atoms with Crippen LogP contribution in [0.1, 0.15) is 23.2 Å². The molecule has 0 spiro atoms. The lowest BCUT2D eigenvalue weighted by Crippen LogP contribution is -2.27. The van der Waals surface area contributed by atoms with Crippen molar-refractivity contribution in [2.45, 2.75) is 24.0 Å². The Morgan fingerprint density at radius 3 is 2.55 bits per heavy atom. The number of nitrogens with one attached hydrogen (secondary N) is 2. The Morgan fingerprint density at radius 1 is 1.07 bits per heavy atom. The van der Waals surface area contributed by atoms with Crippen LogP contribution in [0.5, 0.6) is 0 Å². The Balaban J connectivity index is 1.39. The molecular weight excluding hydrogens is 386 g/mol. The fourth-order valence-electron chi connectivity index (χ4n) is 2.88. The fraction of sp³-hybridized carbons (Fsp3) is 0.238. The van der Waals surface area contributed by atoms with Gasteiger partial charge in [0.15, 0.2) is 11.0 Å². The van der Waals surface area contributed by atoms with Gasteiger partial charge < -0.3 is 15.2 Å². The number of hydrogen-bond donors (Lipinski definition) is 2. The normalized spacial score (nSPS) is 13.1. The van der Waals surface area contributed by atoms with Crippen molar-refractivity contribution in [1.29, 1.82) is 0 Å². The molecule has 0 saturated heterocycles. The zero-order valence-corrected chi connectivity index (χ0v) is 16.8. The summed E-state index contributed by atoms with van der Waals surface area (Å²) in [5.41, 5.74) is 1.95. The number of rotatable bonds is 7. The van der Waals surface area contributed by atoms with Crippen molar-refractivity contribution in [3.63, 3.8) is 0 Å². The summed E-state index contributed by atoms with van der Waals surface area (Å²) in [7, 11) is 1.88. The summed E-state index contributed by atoms with van der Waals surface area (Å²) >= 11 is 1.30. The number of hydrogen-bond acceptors (Lipinski definition) is 5. The summed E-state index contributed by atoms with van der Waals surface area (Å²) in [6.45, 7) is 0. The molecular formula is C21H21N5O2S. The summed E-state index contributed by atoms with van der Waals surface area (Å²) in [5, 5.41) is 14.9. The first-order valence-corrected chi connectivity index (χ1v) is 10.4. The maximum Gasteiger partial charge on any atom is 0.253 e. The largest absolute Gasteiger partial charge is 0.349 e. The van der Waals surface area contributed by atoms with Crippen LogP contribution in [0.3, 0.4) is 0 Å². The van der Waals surface area contributed by atoms with Crippen molar-refractivity contribution < 1.29 is 9.59 Å². The molecule has 2 aromatic carbocycles. The quantitative estimate of drug-likeness (QED) is 0.588. The topological polar surface area (TPSA) is 88.9 Å². The fourth-order valence-corrected chi connectivity index (χ4v) is 3.59. The number of carbonyl (C=O) groups excluding carboxylic acids is 2. The Bertz CT molecular complexity index is 1030. The van der Waals surface area contributed by atoms with E-state index in [1.54, 1.807) is 24.3 Å². The standard InChI is InChI=1S/C21H21N5O2S/c1-26-19(14-7-3-2-4-8-14)24-25-21(26)29-13-18(27)23-17-10-6-5-9-16(17)20(28)22-15-11-12-15/h2-10,15H,11-13H2,1H3,(H,22,28)(H,23,27). The van der Waals surface area contributed by atoms with Gasteiger partial charge in [0.05, 0.1) is 17.0 Å². The van der Waals surface area contributed by atoms with Crippen LogP contribution in [-0.2, 0) is 11.8 Å². The van der Waals surface area contributed by atoms with E-state index in [0.717, 1.165) is 24.2 Å². The van der Waals surface area contributed by atoms with Crippen molar-refractivity contribution in [3.05, 3.63) is 60.2 Å². The second kappa shape index (κ2) is 8.48. The van der Waals surface area contributed by atoms with Gasteiger partial charge in [-0.05, 0) is 25.0 Å². The summed E-state index contributed by atoms with van der Waals surface area (Å²) in [6.07, 6.45) is 2.03. The van der Waals surface area contributed by atoms with E-state index in [4.69, 9.17) is 0 Å². The van der Waals surface area contributed by atoms with Gasteiger partial charge in [0.25, 0.3) is 5.91 Å². The van der Waals surface area contributed by atoms with E-state index in [2.05, 4.69) is 20.8 Å². The molecule has 2 amide bonds. The second-order valence-electron chi connectivity index (χ2n) is 6.86. The predicted octanol–water partition coefficient (Wildman–Crippen LogP) is 3.11. The van der Waals surface area contributed by atoms with Crippen LogP contribution in [0.2, 0.25) is 0 Å². The molecule has 7 nitrogen and oxygen atoms in total. The first-order valence-electron chi connectivity index (χ1n) is 9.39. The van der Waals surface area contributed by atoms with E-state index in [1.165, 1.54) is 11.8 Å². The lowest BCUT2D eigenvalue weighted by molar-refractivity contribution is -0.113. The molecule has 1 aromatic heterocycles. The van der Waals surface area contributed by atoms with Crippen LogP contribution in [0.25, 0.3) is 11.4 Å². The number of para-hydroxylation sites is 1. The van der Waals surface area contributed by atoms with E-state index >= 15 is 0 Å². The molecule has 0 atom stereocenters. The summed E-state index contributed by atoms with van der Waals surface area (Å²) in [6, 6.07) is 17.1. The first kappa shape index (κ1) is 19.2. The molecule has 0 bridgehead atoms. The summed E-state index contributed by atoms with van der Waals surface area (Å²) in [4.78, 5) is 24.8. The highest BCUT2D eigenvalue weighted by molar-refractivity contribution is 7.99. The molecule has 0 radical (unpaired) electrons. The van der Waals surface area contributed by atoms with Gasteiger partial charge in [-0.2, -0.15) is 0 Å². The minimum Gasteiger partial charge on any atom is -0.349 e. The van der Waals surface area contributed by atoms with Crippen molar-refractivity contribution in [2.75, 3.05) is 11.1 Å². The van der Waals surface area contributed by atoms with Gasteiger partial charge in [-0.1, -0.05) is 54.2 Å². The highest BCUT2D eigenvalue weighted by atomic mass is 32.2. The van der Waals surface area contributed by atoms with Crippen molar-refractivity contribution in [2.24, 2.45) is 7.05 Å². The van der Waals surface area contributed by atoms with Gasteiger partial charge in [0, 0.05) is 18.7 Å². The Morgan fingerprint density at radius 2 is 1.79 bits per heavy atom. The minimum absolute atomic E-state index is 0.156. The van der Waals surface area contributed by atoms with Gasteiger partial charge in [-0.25, -0.2) is 0 Å². The van der Waals surface area contributed by atoms with Gasteiger partial charge in [0.2, 0.25) is 5.91 Å². The molecule has 148 valence electrons. The molecule has 8 heteroatoms.